The molecule has 4 nitrogen and oxygen atoms in total. The molecule has 1 atom stereocenters. The van der Waals surface area contributed by atoms with Crippen molar-refractivity contribution in [3.63, 3.8) is 0 Å². The Balaban J connectivity index is 1.42. The number of aromatic nitrogens is 2. The van der Waals surface area contributed by atoms with Gasteiger partial charge in [0.1, 0.15) is 11.9 Å². The van der Waals surface area contributed by atoms with Gasteiger partial charge in [0.05, 0.1) is 11.2 Å². The first-order chi connectivity index (χ1) is 10.9. The molecule has 3 aromatic rings. The highest BCUT2D eigenvalue weighted by Crippen LogP contribution is 2.19. The van der Waals surface area contributed by atoms with Gasteiger partial charge < -0.3 is 4.74 Å². The summed E-state index contributed by atoms with van der Waals surface area (Å²) in [5, 5.41) is 4.41. The first-order valence-corrected chi connectivity index (χ1v) is 7.74. The molecular formula is C18H19N3O. The minimum atomic E-state index is 0.277. The van der Waals surface area contributed by atoms with Crippen molar-refractivity contribution in [1.29, 1.82) is 0 Å². The molecule has 1 aliphatic rings. The lowest BCUT2D eigenvalue weighted by Crippen LogP contribution is -2.25. The van der Waals surface area contributed by atoms with E-state index in [0.29, 0.717) is 0 Å². The van der Waals surface area contributed by atoms with Gasteiger partial charge in [-0.2, -0.15) is 5.10 Å². The van der Waals surface area contributed by atoms with E-state index in [4.69, 9.17) is 4.74 Å². The maximum absolute atomic E-state index is 6.05. The van der Waals surface area contributed by atoms with E-state index in [0.717, 1.165) is 37.3 Å². The fraction of sp³-hybridized carbons (Fsp3) is 0.278. The number of fused-ring (bicyclic) bond motifs is 1. The summed E-state index contributed by atoms with van der Waals surface area (Å²) in [5.74, 6) is 0.962. The molecule has 0 aliphatic carbocycles. The Morgan fingerprint density at radius 1 is 1.05 bits per heavy atom. The van der Waals surface area contributed by atoms with Crippen molar-refractivity contribution >= 4 is 5.52 Å². The summed E-state index contributed by atoms with van der Waals surface area (Å²) in [7, 11) is 0. The van der Waals surface area contributed by atoms with Crippen LogP contribution in [0.1, 0.15) is 12.1 Å². The SMILES string of the molecule is c1ccc(O[C@@H]2CCN(Cc3cccc4ccnn34)C2)cc1. The number of para-hydroxylation sites is 1. The average molecular weight is 293 g/mol. The van der Waals surface area contributed by atoms with Gasteiger partial charge in [0.25, 0.3) is 0 Å². The van der Waals surface area contributed by atoms with Gasteiger partial charge in [-0.15, -0.1) is 0 Å². The predicted molar refractivity (Wildman–Crippen MR) is 85.9 cm³/mol. The monoisotopic (exact) mass is 293 g/mol. The van der Waals surface area contributed by atoms with E-state index in [-0.39, 0.29) is 6.10 Å². The van der Waals surface area contributed by atoms with Crippen LogP contribution in [-0.2, 0) is 6.54 Å². The largest absolute Gasteiger partial charge is 0.489 e. The third-order valence-corrected chi connectivity index (χ3v) is 4.16. The zero-order valence-corrected chi connectivity index (χ0v) is 12.4. The first kappa shape index (κ1) is 13.3. The van der Waals surface area contributed by atoms with Crippen molar-refractivity contribution in [2.75, 3.05) is 13.1 Å². The van der Waals surface area contributed by atoms with Crippen molar-refractivity contribution in [3.05, 3.63) is 66.5 Å². The number of likely N-dealkylation sites (tertiary alicyclic amines) is 1. The highest BCUT2D eigenvalue weighted by molar-refractivity contribution is 5.46. The summed E-state index contributed by atoms with van der Waals surface area (Å²) in [6.07, 6.45) is 3.20. The van der Waals surface area contributed by atoms with Crippen LogP contribution < -0.4 is 4.74 Å². The molecule has 4 rings (SSSR count). The second kappa shape index (κ2) is 5.81. The summed E-state index contributed by atoms with van der Waals surface area (Å²) >= 11 is 0. The van der Waals surface area contributed by atoms with Crippen LogP contribution in [0.4, 0.5) is 0 Å². The smallest absolute Gasteiger partial charge is 0.119 e. The van der Waals surface area contributed by atoms with Gasteiger partial charge in [0, 0.05) is 25.8 Å². The predicted octanol–water partition coefficient (Wildman–Crippen LogP) is 2.99. The number of ether oxygens (including phenoxy) is 1. The second-order valence-electron chi connectivity index (χ2n) is 5.76. The zero-order valence-electron chi connectivity index (χ0n) is 12.4. The van der Waals surface area contributed by atoms with Crippen LogP contribution >= 0.6 is 0 Å². The van der Waals surface area contributed by atoms with Crippen molar-refractivity contribution in [3.8, 4) is 5.75 Å². The molecule has 22 heavy (non-hydrogen) atoms. The third kappa shape index (κ3) is 2.70. The molecule has 1 saturated heterocycles. The van der Waals surface area contributed by atoms with Crippen molar-refractivity contribution in [2.45, 2.75) is 19.1 Å². The lowest BCUT2D eigenvalue weighted by Gasteiger charge is -2.17. The quantitative estimate of drug-likeness (QED) is 0.740. The Kier molecular flexibility index (Phi) is 3.52. The van der Waals surface area contributed by atoms with Crippen LogP contribution in [-0.4, -0.2) is 33.7 Å². The van der Waals surface area contributed by atoms with Gasteiger partial charge in [-0.3, -0.25) is 4.90 Å². The minimum absolute atomic E-state index is 0.277. The van der Waals surface area contributed by atoms with E-state index in [2.05, 4.69) is 28.2 Å². The molecule has 1 aliphatic heterocycles. The van der Waals surface area contributed by atoms with Gasteiger partial charge in [-0.05, 0) is 36.8 Å². The highest BCUT2D eigenvalue weighted by Gasteiger charge is 2.24. The fourth-order valence-corrected chi connectivity index (χ4v) is 3.09. The molecule has 0 unspecified atom stereocenters. The summed E-state index contributed by atoms with van der Waals surface area (Å²) in [4.78, 5) is 2.43. The van der Waals surface area contributed by atoms with Gasteiger partial charge in [0.15, 0.2) is 0 Å². The Hall–Kier alpha value is -2.33. The van der Waals surface area contributed by atoms with Crippen molar-refractivity contribution in [2.24, 2.45) is 0 Å². The molecule has 0 radical (unpaired) electrons. The Morgan fingerprint density at radius 2 is 1.95 bits per heavy atom. The van der Waals surface area contributed by atoms with Gasteiger partial charge in [0.2, 0.25) is 0 Å². The van der Waals surface area contributed by atoms with E-state index in [1.807, 2.05) is 47.1 Å². The fourth-order valence-electron chi connectivity index (χ4n) is 3.09. The summed E-state index contributed by atoms with van der Waals surface area (Å²) < 4.78 is 8.07. The molecule has 1 fully saturated rings. The second-order valence-corrected chi connectivity index (χ2v) is 5.76. The number of hydrogen-bond acceptors (Lipinski definition) is 3. The maximum Gasteiger partial charge on any atom is 0.119 e. The lowest BCUT2D eigenvalue weighted by atomic mass is 10.3. The molecule has 0 spiro atoms. The molecule has 3 heterocycles. The van der Waals surface area contributed by atoms with Gasteiger partial charge >= 0.3 is 0 Å². The number of hydrogen-bond donors (Lipinski definition) is 0. The molecule has 1 aromatic carbocycles. The Morgan fingerprint density at radius 3 is 2.86 bits per heavy atom. The summed E-state index contributed by atoms with van der Waals surface area (Å²) in [5.41, 5.74) is 2.37. The van der Waals surface area contributed by atoms with Crippen LogP contribution in [0.3, 0.4) is 0 Å². The van der Waals surface area contributed by atoms with Crippen LogP contribution in [0.5, 0.6) is 5.75 Å². The van der Waals surface area contributed by atoms with Crippen LogP contribution in [0.15, 0.2) is 60.8 Å². The van der Waals surface area contributed by atoms with Crippen LogP contribution in [0.25, 0.3) is 5.52 Å². The lowest BCUT2D eigenvalue weighted by molar-refractivity contribution is 0.197. The normalized spacial score (nSPS) is 18.8. The number of rotatable bonds is 4. The Bertz CT molecular complexity index is 753. The molecule has 0 amide bonds. The zero-order chi connectivity index (χ0) is 14.8. The molecule has 0 saturated carbocycles. The third-order valence-electron chi connectivity index (χ3n) is 4.16. The number of nitrogens with zero attached hydrogens (tertiary/aromatic N) is 3. The van der Waals surface area contributed by atoms with Crippen LogP contribution in [0.2, 0.25) is 0 Å². The van der Waals surface area contributed by atoms with E-state index in [9.17, 15) is 0 Å². The highest BCUT2D eigenvalue weighted by atomic mass is 16.5. The van der Waals surface area contributed by atoms with Crippen molar-refractivity contribution in [1.82, 2.24) is 14.5 Å². The average Bonchev–Trinajstić information content (AvgIpc) is 3.18. The molecule has 112 valence electrons. The summed E-state index contributed by atoms with van der Waals surface area (Å²) in [6.45, 7) is 2.94. The molecule has 0 N–H and O–H groups in total. The first-order valence-electron chi connectivity index (χ1n) is 7.74. The molecule has 0 bridgehead atoms. The molecule has 2 aromatic heterocycles. The number of pyridine rings is 1. The van der Waals surface area contributed by atoms with Crippen LogP contribution in [0, 0.1) is 0 Å². The van der Waals surface area contributed by atoms with Gasteiger partial charge in [-0.1, -0.05) is 24.3 Å². The topological polar surface area (TPSA) is 29.8 Å². The van der Waals surface area contributed by atoms with E-state index in [1.165, 1.54) is 5.69 Å². The minimum Gasteiger partial charge on any atom is -0.489 e. The maximum atomic E-state index is 6.05. The van der Waals surface area contributed by atoms with E-state index >= 15 is 0 Å². The standard InChI is InChI=1S/C18H19N3O/c1-2-7-17(8-3-1)22-18-10-12-20(14-18)13-16-6-4-5-15-9-11-19-21(15)16/h1-9,11,18H,10,12-14H2/t18-/m1/s1. The van der Waals surface area contributed by atoms with E-state index < -0.39 is 0 Å². The number of benzene rings is 1. The molecule has 4 heteroatoms. The Labute approximate surface area is 129 Å². The van der Waals surface area contributed by atoms with Crippen molar-refractivity contribution < 1.29 is 4.74 Å². The summed E-state index contributed by atoms with van der Waals surface area (Å²) in [6, 6.07) is 18.4. The van der Waals surface area contributed by atoms with Gasteiger partial charge in [-0.25, -0.2) is 4.52 Å². The van der Waals surface area contributed by atoms with E-state index in [1.54, 1.807) is 0 Å². The molecular weight excluding hydrogens is 274 g/mol.